The number of aliphatic hydroxyl groups excluding tert-OH is 1. The minimum atomic E-state index is -0.117. The van der Waals surface area contributed by atoms with E-state index in [4.69, 9.17) is 0 Å². The highest BCUT2D eigenvalue weighted by atomic mass is 16.3. The lowest BCUT2D eigenvalue weighted by molar-refractivity contribution is 0.101. The van der Waals surface area contributed by atoms with Gasteiger partial charge >= 0.3 is 0 Å². The van der Waals surface area contributed by atoms with Crippen molar-refractivity contribution in [2.45, 2.75) is 84.7 Å². The normalized spacial score (nSPS) is 13.2. The predicted octanol–water partition coefficient (Wildman–Crippen LogP) is 4.22. The van der Waals surface area contributed by atoms with Crippen molar-refractivity contribution in [2.75, 3.05) is 19.6 Å². The number of hydrogen-bond donors (Lipinski definition) is 1. The summed E-state index contributed by atoms with van der Waals surface area (Å²) < 4.78 is 0. The first-order valence-electron chi connectivity index (χ1n) is 8.14. The molecule has 0 spiro atoms. The van der Waals surface area contributed by atoms with E-state index in [1.807, 2.05) is 0 Å². The molecule has 0 aliphatic heterocycles. The maximum Gasteiger partial charge on any atom is 0.0667 e. The van der Waals surface area contributed by atoms with Gasteiger partial charge in [-0.3, -0.25) is 0 Å². The van der Waals surface area contributed by atoms with Crippen molar-refractivity contribution in [3.8, 4) is 0 Å². The first-order valence-corrected chi connectivity index (χ1v) is 8.14. The summed E-state index contributed by atoms with van der Waals surface area (Å²) in [5.41, 5.74) is 0. The highest BCUT2D eigenvalue weighted by Crippen LogP contribution is 2.07. The van der Waals surface area contributed by atoms with Crippen LogP contribution in [0.25, 0.3) is 0 Å². The van der Waals surface area contributed by atoms with Crippen molar-refractivity contribution in [3.63, 3.8) is 0 Å². The van der Waals surface area contributed by atoms with Gasteiger partial charge in [-0.25, -0.2) is 0 Å². The number of unbranched alkanes of at least 4 members (excludes halogenated alkanes) is 5. The largest absolute Gasteiger partial charge is 0.392 e. The van der Waals surface area contributed by atoms with E-state index >= 15 is 0 Å². The Morgan fingerprint density at radius 2 is 1.28 bits per heavy atom. The third-order valence-corrected chi connectivity index (χ3v) is 3.52. The molecule has 1 atom stereocenters. The van der Waals surface area contributed by atoms with Crippen molar-refractivity contribution in [2.24, 2.45) is 0 Å². The first-order chi connectivity index (χ1) is 8.74. The molecule has 0 saturated carbocycles. The number of rotatable bonds is 13. The van der Waals surface area contributed by atoms with Crippen LogP contribution in [0.2, 0.25) is 0 Å². The summed E-state index contributed by atoms with van der Waals surface area (Å²) >= 11 is 0. The standard InChI is InChI=1S/C16H35NO/c1-4-7-10-13-17(14-11-8-5-2)15-16(18)12-9-6-3/h16,18H,4-15H2,1-3H3. The second kappa shape index (κ2) is 13.4. The fourth-order valence-electron chi connectivity index (χ4n) is 2.29. The zero-order valence-corrected chi connectivity index (χ0v) is 13.0. The van der Waals surface area contributed by atoms with Gasteiger partial charge < -0.3 is 10.0 Å². The summed E-state index contributed by atoms with van der Waals surface area (Å²) in [6, 6.07) is 0. The van der Waals surface area contributed by atoms with Crippen molar-refractivity contribution in [3.05, 3.63) is 0 Å². The zero-order chi connectivity index (χ0) is 13.6. The van der Waals surface area contributed by atoms with E-state index in [-0.39, 0.29) is 6.10 Å². The molecule has 0 aromatic heterocycles. The first kappa shape index (κ1) is 17.9. The number of aliphatic hydroxyl groups is 1. The van der Waals surface area contributed by atoms with Gasteiger partial charge in [0.05, 0.1) is 6.10 Å². The van der Waals surface area contributed by atoms with Gasteiger partial charge in [-0.05, 0) is 32.4 Å². The van der Waals surface area contributed by atoms with Crippen LogP contribution in [-0.4, -0.2) is 35.7 Å². The van der Waals surface area contributed by atoms with Gasteiger partial charge in [-0.1, -0.05) is 59.3 Å². The Balaban J connectivity index is 3.85. The Hall–Kier alpha value is -0.0800. The summed E-state index contributed by atoms with van der Waals surface area (Å²) in [4.78, 5) is 2.48. The van der Waals surface area contributed by atoms with Crippen LogP contribution in [0.5, 0.6) is 0 Å². The molecule has 0 aromatic carbocycles. The summed E-state index contributed by atoms with van der Waals surface area (Å²) in [6.07, 6.45) is 10.9. The third kappa shape index (κ3) is 11.0. The molecule has 0 heterocycles. The monoisotopic (exact) mass is 257 g/mol. The molecule has 1 unspecified atom stereocenters. The lowest BCUT2D eigenvalue weighted by atomic mass is 10.1. The molecule has 0 amide bonds. The predicted molar refractivity (Wildman–Crippen MR) is 81.0 cm³/mol. The summed E-state index contributed by atoms with van der Waals surface area (Å²) in [5.74, 6) is 0. The smallest absolute Gasteiger partial charge is 0.0667 e. The van der Waals surface area contributed by atoms with E-state index in [1.54, 1.807) is 0 Å². The highest BCUT2D eigenvalue weighted by molar-refractivity contribution is 4.65. The summed E-state index contributed by atoms with van der Waals surface area (Å²) in [5, 5.41) is 10.0. The molecular weight excluding hydrogens is 222 g/mol. The molecule has 18 heavy (non-hydrogen) atoms. The van der Waals surface area contributed by atoms with E-state index < -0.39 is 0 Å². The van der Waals surface area contributed by atoms with Crippen molar-refractivity contribution < 1.29 is 5.11 Å². The van der Waals surface area contributed by atoms with E-state index in [2.05, 4.69) is 25.7 Å². The Bertz CT molecular complexity index is 151. The van der Waals surface area contributed by atoms with E-state index in [1.165, 1.54) is 58.0 Å². The summed E-state index contributed by atoms with van der Waals surface area (Å²) in [7, 11) is 0. The molecule has 0 aliphatic rings. The van der Waals surface area contributed by atoms with Crippen LogP contribution in [0.1, 0.15) is 78.6 Å². The molecule has 2 heteroatoms. The van der Waals surface area contributed by atoms with Crippen molar-refractivity contribution in [1.82, 2.24) is 4.90 Å². The third-order valence-electron chi connectivity index (χ3n) is 3.52. The fourth-order valence-corrected chi connectivity index (χ4v) is 2.29. The number of hydrogen-bond acceptors (Lipinski definition) is 2. The fraction of sp³-hybridized carbons (Fsp3) is 1.00. The van der Waals surface area contributed by atoms with Gasteiger partial charge in [0.15, 0.2) is 0 Å². The zero-order valence-electron chi connectivity index (χ0n) is 13.0. The Morgan fingerprint density at radius 3 is 1.72 bits per heavy atom. The van der Waals surface area contributed by atoms with Crippen LogP contribution < -0.4 is 0 Å². The molecule has 1 N–H and O–H groups in total. The minimum Gasteiger partial charge on any atom is -0.392 e. The van der Waals surface area contributed by atoms with Gasteiger partial charge in [-0.2, -0.15) is 0 Å². The molecule has 0 radical (unpaired) electrons. The SMILES string of the molecule is CCCCCN(CCCCC)CC(O)CCCC. The van der Waals surface area contributed by atoms with Crippen LogP contribution in [0.3, 0.4) is 0 Å². The van der Waals surface area contributed by atoms with Gasteiger partial charge in [0.1, 0.15) is 0 Å². The highest BCUT2D eigenvalue weighted by Gasteiger charge is 2.10. The second-order valence-electron chi connectivity index (χ2n) is 5.51. The van der Waals surface area contributed by atoms with Crippen LogP contribution in [0, 0.1) is 0 Å². The van der Waals surface area contributed by atoms with E-state index in [0.717, 1.165) is 19.4 Å². The maximum absolute atomic E-state index is 10.0. The molecular formula is C16H35NO. The molecule has 0 rings (SSSR count). The van der Waals surface area contributed by atoms with Gasteiger partial charge in [0.25, 0.3) is 0 Å². The topological polar surface area (TPSA) is 23.5 Å². The van der Waals surface area contributed by atoms with Crippen molar-refractivity contribution >= 4 is 0 Å². The Morgan fingerprint density at radius 1 is 0.778 bits per heavy atom. The average Bonchev–Trinajstić information content (AvgIpc) is 2.36. The second-order valence-corrected chi connectivity index (χ2v) is 5.51. The van der Waals surface area contributed by atoms with Gasteiger partial charge in [-0.15, -0.1) is 0 Å². The Labute approximate surface area is 115 Å². The molecule has 0 saturated heterocycles. The van der Waals surface area contributed by atoms with E-state index in [9.17, 15) is 5.11 Å². The van der Waals surface area contributed by atoms with Crippen LogP contribution in [0.4, 0.5) is 0 Å². The molecule has 2 nitrogen and oxygen atoms in total. The lowest BCUT2D eigenvalue weighted by Gasteiger charge is -2.25. The molecule has 0 bridgehead atoms. The van der Waals surface area contributed by atoms with E-state index in [0.29, 0.717) is 0 Å². The molecule has 0 fully saturated rings. The quantitative estimate of drug-likeness (QED) is 0.499. The minimum absolute atomic E-state index is 0.117. The lowest BCUT2D eigenvalue weighted by Crippen LogP contribution is -2.34. The molecule has 0 aliphatic carbocycles. The molecule has 110 valence electrons. The summed E-state index contributed by atoms with van der Waals surface area (Å²) in [6.45, 7) is 9.90. The van der Waals surface area contributed by atoms with Crippen LogP contribution >= 0.6 is 0 Å². The van der Waals surface area contributed by atoms with Gasteiger partial charge in [0.2, 0.25) is 0 Å². The van der Waals surface area contributed by atoms with Crippen molar-refractivity contribution in [1.29, 1.82) is 0 Å². The van der Waals surface area contributed by atoms with Crippen LogP contribution in [-0.2, 0) is 0 Å². The molecule has 0 aromatic rings. The van der Waals surface area contributed by atoms with Crippen LogP contribution in [0.15, 0.2) is 0 Å². The number of nitrogens with zero attached hydrogens (tertiary/aromatic N) is 1. The maximum atomic E-state index is 10.0. The Kier molecular flexibility index (Phi) is 13.3. The van der Waals surface area contributed by atoms with Gasteiger partial charge in [0, 0.05) is 6.54 Å². The average molecular weight is 257 g/mol.